The molecule has 6 nitrogen and oxygen atoms in total. The summed E-state index contributed by atoms with van der Waals surface area (Å²) in [5, 5.41) is 9.71. The number of fused-ring (bicyclic) bond motifs is 1. The summed E-state index contributed by atoms with van der Waals surface area (Å²) in [5.74, 6) is 0.618. The molecular weight excluding hydrogens is 373 g/mol. The summed E-state index contributed by atoms with van der Waals surface area (Å²) < 4.78 is 3.50. The highest BCUT2D eigenvalue weighted by atomic mass is 35.5. The number of aryl methyl sites for hydroxylation is 1. The van der Waals surface area contributed by atoms with Gasteiger partial charge < -0.3 is 4.90 Å². The summed E-state index contributed by atoms with van der Waals surface area (Å²) >= 11 is 12.3. The normalized spacial score (nSPS) is 16.6. The molecule has 26 heavy (non-hydrogen) atoms. The maximum Gasteiger partial charge on any atom is 0.255 e. The summed E-state index contributed by atoms with van der Waals surface area (Å²) in [7, 11) is 1.87. The number of halogens is 2. The highest BCUT2D eigenvalue weighted by Gasteiger charge is 2.32. The van der Waals surface area contributed by atoms with E-state index in [2.05, 4.69) is 10.2 Å². The third-order valence-electron chi connectivity index (χ3n) is 4.68. The Hall–Kier alpha value is -2.31. The zero-order chi connectivity index (χ0) is 18.4. The molecule has 0 fully saturated rings. The monoisotopic (exact) mass is 389 g/mol. The molecule has 1 atom stereocenters. The molecule has 3 aromatic rings. The lowest BCUT2D eigenvalue weighted by atomic mass is 10.00. The minimum atomic E-state index is -0.161. The van der Waals surface area contributed by atoms with Crippen LogP contribution in [0.3, 0.4) is 0 Å². The number of hydrogen-bond acceptors (Lipinski definition) is 3. The third kappa shape index (κ3) is 2.79. The van der Waals surface area contributed by atoms with Crippen molar-refractivity contribution in [3.63, 3.8) is 0 Å². The Morgan fingerprint density at radius 1 is 1.23 bits per heavy atom. The molecule has 8 heteroatoms. The van der Waals surface area contributed by atoms with Crippen molar-refractivity contribution in [2.24, 2.45) is 7.05 Å². The van der Waals surface area contributed by atoms with Gasteiger partial charge in [0.1, 0.15) is 0 Å². The number of aromatic nitrogens is 4. The van der Waals surface area contributed by atoms with E-state index in [1.807, 2.05) is 32.4 Å². The van der Waals surface area contributed by atoms with Crippen molar-refractivity contribution in [1.29, 1.82) is 0 Å². The van der Waals surface area contributed by atoms with Gasteiger partial charge in [0.05, 0.1) is 27.3 Å². The molecule has 3 heterocycles. The molecule has 0 bridgehead atoms. The molecule has 1 unspecified atom stereocenters. The van der Waals surface area contributed by atoms with Crippen LogP contribution in [0.25, 0.3) is 5.82 Å². The van der Waals surface area contributed by atoms with Crippen LogP contribution in [0.2, 0.25) is 10.0 Å². The molecular formula is C18H17Cl2N5O. The number of nitrogens with zero attached hydrogens (tertiary/aromatic N) is 5. The van der Waals surface area contributed by atoms with Gasteiger partial charge in [-0.15, -0.1) is 0 Å². The highest BCUT2D eigenvalue weighted by Crippen LogP contribution is 2.33. The van der Waals surface area contributed by atoms with E-state index in [1.54, 1.807) is 32.5 Å². The Bertz CT molecular complexity index is 993. The van der Waals surface area contributed by atoms with Gasteiger partial charge in [0.15, 0.2) is 5.82 Å². The Balaban J connectivity index is 1.66. The van der Waals surface area contributed by atoms with E-state index < -0.39 is 0 Å². The number of amides is 1. The van der Waals surface area contributed by atoms with Crippen LogP contribution in [0, 0.1) is 0 Å². The van der Waals surface area contributed by atoms with Crippen molar-refractivity contribution >= 4 is 29.1 Å². The molecule has 1 aliphatic rings. The molecule has 0 N–H and O–H groups in total. The molecule has 1 aliphatic heterocycles. The summed E-state index contributed by atoms with van der Waals surface area (Å²) in [4.78, 5) is 14.8. The molecule has 0 saturated carbocycles. The standard InChI is InChI=1S/C18H17Cl2N5O/c1-11-17-12(10-25(22-17)15-7-8-23(2)21-15)6-9-24(11)18(26)13-4-3-5-14(19)16(13)20/h3-5,7-8,10-11H,6,9H2,1-2H3. The van der Waals surface area contributed by atoms with Crippen molar-refractivity contribution in [3.05, 3.63) is 63.5 Å². The van der Waals surface area contributed by atoms with Gasteiger partial charge in [-0.05, 0) is 31.0 Å². The fraction of sp³-hybridized carbons (Fsp3) is 0.278. The number of hydrogen-bond donors (Lipinski definition) is 0. The van der Waals surface area contributed by atoms with Gasteiger partial charge in [0.25, 0.3) is 5.91 Å². The molecule has 0 aliphatic carbocycles. The fourth-order valence-electron chi connectivity index (χ4n) is 3.29. The van der Waals surface area contributed by atoms with Gasteiger partial charge in [-0.1, -0.05) is 29.3 Å². The van der Waals surface area contributed by atoms with Crippen molar-refractivity contribution in [2.45, 2.75) is 19.4 Å². The molecule has 1 aromatic carbocycles. The lowest BCUT2D eigenvalue weighted by Gasteiger charge is -2.32. The Labute approximate surface area is 160 Å². The molecule has 134 valence electrons. The van der Waals surface area contributed by atoms with Gasteiger partial charge >= 0.3 is 0 Å². The summed E-state index contributed by atoms with van der Waals surface area (Å²) in [6.07, 6.45) is 4.59. The molecule has 0 radical (unpaired) electrons. The van der Waals surface area contributed by atoms with E-state index in [1.165, 1.54) is 0 Å². The maximum atomic E-state index is 13.0. The first-order valence-electron chi connectivity index (χ1n) is 8.29. The van der Waals surface area contributed by atoms with Gasteiger partial charge in [-0.2, -0.15) is 10.2 Å². The van der Waals surface area contributed by atoms with E-state index >= 15 is 0 Å². The van der Waals surface area contributed by atoms with E-state index in [0.717, 1.165) is 23.5 Å². The van der Waals surface area contributed by atoms with Crippen molar-refractivity contribution in [2.75, 3.05) is 6.54 Å². The second-order valence-corrected chi connectivity index (χ2v) is 7.14. The summed E-state index contributed by atoms with van der Waals surface area (Å²) in [5.41, 5.74) is 2.43. The van der Waals surface area contributed by atoms with Crippen molar-refractivity contribution in [1.82, 2.24) is 24.5 Å². The lowest BCUT2D eigenvalue weighted by molar-refractivity contribution is 0.0674. The van der Waals surface area contributed by atoms with Crippen molar-refractivity contribution in [3.8, 4) is 5.82 Å². The quantitative estimate of drug-likeness (QED) is 0.671. The second kappa shape index (κ2) is 6.45. The molecule has 2 aromatic heterocycles. The minimum Gasteiger partial charge on any atom is -0.330 e. The van der Waals surface area contributed by atoms with E-state index in [4.69, 9.17) is 23.2 Å². The average molecular weight is 390 g/mol. The van der Waals surface area contributed by atoms with Crippen LogP contribution in [0.4, 0.5) is 0 Å². The lowest BCUT2D eigenvalue weighted by Crippen LogP contribution is -2.38. The van der Waals surface area contributed by atoms with Crippen LogP contribution in [-0.2, 0) is 13.5 Å². The van der Waals surface area contributed by atoms with Crippen LogP contribution in [0.1, 0.15) is 34.6 Å². The number of carbonyl (C=O) groups is 1. The molecule has 4 rings (SSSR count). The van der Waals surface area contributed by atoms with E-state index in [-0.39, 0.29) is 17.0 Å². The first-order valence-corrected chi connectivity index (χ1v) is 9.04. The van der Waals surface area contributed by atoms with Gasteiger partial charge in [-0.25, -0.2) is 4.68 Å². The van der Waals surface area contributed by atoms with Crippen LogP contribution in [-0.4, -0.2) is 36.9 Å². The first kappa shape index (κ1) is 17.1. The van der Waals surface area contributed by atoms with Crippen LogP contribution < -0.4 is 0 Å². The van der Waals surface area contributed by atoms with Crippen LogP contribution in [0.5, 0.6) is 0 Å². The Morgan fingerprint density at radius 3 is 2.77 bits per heavy atom. The third-order valence-corrected chi connectivity index (χ3v) is 5.50. The van der Waals surface area contributed by atoms with Crippen LogP contribution in [0.15, 0.2) is 36.7 Å². The maximum absolute atomic E-state index is 13.0. The smallest absolute Gasteiger partial charge is 0.255 e. The number of carbonyl (C=O) groups excluding carboxylic acids is 1. The first-order chi connectivity index (χ1) is 12.5. The van der Waals surface area contributed by atoms with Gasteiger partial charge in [0, 0.05) is 32.1 Å². The fourth-order valence-corrected chi connectivity index (χ4v) is 3.67. The predicted molar refractivity (Wildman–Crippen MR) is 99.9 cm³/mol. The number of benzene rings is 1. The number of rotatable bonds is 2. The van der Waals surface area contributed by atoms with E-state index in [9.17, 15) is 4.79 Å². The van der Waals surface area contributed by atoms with Gasteiger partial charge in [0.2, 0.25) is 0 Å². The SMILES string of the molecule is CC1c2nn(-c3ccn(C)n3)cc2CCN1C(=O)c1cccc(Cl)c1Cl. The zero-order valence-electron chi connectivity index (χ0n) is 14.4. The average Bonchev–Trinajstić information content (AvgIpc) is 3.23. The molecule has 0 spiro atoms. The second-order valence-electron chi connectivity index (χ2n) is 6.36. The largest absolute Gasteiger partial charge is 0.330 e. The Morgan fingerprint density at radius 2 is 2.04 bits per heavy atom. The minimum absolute atomic E-state index is 0.136. The topological polar surface area (TPSA) is 56.0 Å². The van der Waals surface area contributed by atoms with E-state index in [0.29, 0.717) is 17.1 Å². The van der Waals surface area contributed by atoms with Crippen molar-refractivity contribution < 1.29 is 4.79 Å². The molecule has 1 amide bonds. The van der Waals surface area contributed by atoms with Crippen LogP contribution >= 0.6 is 23.2 Å². The Kier molecular flexibility index (Phi) is 4.25. The van der Waals surface area contributed by atoms with Gasteiger partial charge in [-0.3, -0.25) is 9.48 Å². The summed E-state index contributed by atoms with van der Waals surface area (Å²) in [6, 6.07) is 6.85. The predicted octanol–water partition coefficient (Wildman–Crippen LogP) is 3.67. The highest BCUT2D eigenvalue weighted by molar-refractivity contribution is 6.43. The molecule has 0 saturated heterocycles. The summed E-state index contributed by atoms with van der Waals surface area (Å²) in [6.45, 7) is 2.58. The zero-order valence-corrected chi connectivity index (χ0v) is 15.9.